The van der Waals surface area contributed by atoms with E-state index in [4.69, 9.17) is 16.0 Å². The number of anilines is 1. The first-order valence-corrected chi connectivity index (χ1v) is 13.1. The molecule has 0 unspecified atom stereocenters. The molecule has 3 aromatic rings. The highest BCUT2D eigenvalue weighted by molar-refractivity contribution is 7.92. The Bertz CT molecular complexity index is 1360. The molecule has 3 rings (SSSR count). The lowest BCUT2D eigenvalue weighted by Gasteiger charge is -2.17. The summed E-state index contributed by atoms with van der Waals surface area (Å²) in [5, 5.41) is 0.105. The predicted octanol–water partition coefficient (Wildman–Crippen LogP) is 3.72. The highest BCUT2D eigenvalue weighted by Gasteiger charge is 2.22. The number of amides is 1. The van der Waals surface area contributed by atoms with Crippen LogP contribution in [0.5, 0.6) is 0 Å². The minimum Gasteiger partial charge on any atom is -0.464 e. The molecule has 0 bridgehead atoms. The number of benzene rings is 2. The second kappa shape index (κ2) is 8.97. The fraction of sp³-hybridized carbons (Fsp3) is 0.190. The molecular formula is C21H21ClN2O6S2. The SMILES string of the molecule is Cc1ccc(CN(C)C(=O)c2cc(S(=O)(=O)Nc3ccc(S(C)(=O)=O)cc3)ccc2Cl)o1. The van der Waals surface area contributed by atoms with Crippen LogP contribution >= 0.6 is 11.6 Å². The average molecular weight is 497 g/mol. The highest BCUT2D eigenvalue weighted by Crippen LogP contribution is 2.25. The molecular weight excluding hydrogens is 476 g/mol. The number of hydrogen-bond acceptors (Lipinski definition) is 6. The van der Waals surface area contributed by atoms with E-state index in [1.54, 1.807) is 26.1 Å². The van der Waals surface area contributed by atoms with Gasteiger partial charge in [0, 0.05) is 19.0 Å². The van der Waals surface area contributed by atoms with Crippen LogP contribution in [-0.4, -0.2) is 40.9 Å². The lowest BCUT2D eigenvalue weighted by Crippen LogP contribution is -2.26. The van der Waals surface area contributed by atoms with E-state index in [9.17, 15) is 21.6 Å². The van der Waals surface area contributed by atoms with Crippen LogP contribution in [0, 0.1) is 6.92 Å². The van der Waals surface area contributed by atoms with Gasteiger partial charge in [-0.1, -0.05) is 11.6 Å². The number of nitrogens with one attached hydrogen (secondary N) is 1. The summed E-state index contributed by atoms with van der Waals surface area (Å²) < 4.78 is 56.6. The molecule has 0 fully saturated rings. The number of sulfone groups is 1. The van der Waals surface area contributed by atoms with Crippen LogP contribution in [0.2, 0.25) is 5.02 Å². The third kappa shape index (κ3) is 5.50. The third-order valence-corrected chi connectivity index (χ3v) is 7.39. The summed E-state index contributed by atoms with van der Waals surface area (Å²) in [4.78, 5) is 14.1. The molecule has 8 nitrogen and oxygen atoms in total. The van der Waals surface area contributed by atoms with Gasteiger partial charge < -0.3 is 9.32 Å². The quantitative estimate of drug-likeness (QED) is 0.533. The van der Waals surface area contributed by atoms with Crippen molar-refractivity contribution in [3.8, 4) is 0 Å². The summed E-state index contributed by atoms with van der Waals surface area (Å²) in [6.45, 7) is 1.98. The summed E-state index contributed by atoms with van der Waals surface area (Å²) in [7, 11) is -5.91. The number of aryl methyl sites for hydroxylation is 1. The molecule has 0 saturated carbocycles. The van der Waals surface area contributed by atoms with E-state index in [0.717, 1.165) is 6.26 Å². The van der Waals surface area contributed by atoms with Crippen molar-refractivity contribution in [3.63, 3.8) is 0 Å². The minimum absolute atomic E-state index is 0.0211. The largest absolute Gasteiger partial charge is 0.464 e. The number of rotatable bonds is 7. The van der Waals surface area contributed by atoms with Gasteiger partial charge in [-0.2, -0.15) is 0 Å². The molecule has 170 valence electrons. The first kappa shape index (κ1) is 23.8. The van der Waals surface area contributed by atoms with Gasteiger partial charge in [0.1, 0.15) is 11.5 Å². The lowest BCUT2D eigenvalue weighted by atomic mass is 10.2. The Labute approximate surface area is 191 Å². The fourth-order valence-electron chi connectivity index (χ4n) is 2.90. The van der Waals surface area contributed by atoms with Crippen molar-refractivity contribution in [3.05, 3.63) is 76.7 Å². The van der Waals surface area contributed by atoms with Crippen molar-refractivity contribution in [2.45, 2.75) is 23.3 Å². The number of carbonyl (C=O) groups excluding carboxylic acids is 1. The highest BCUT2D eigenvalue weighted by atomic mass is 35.5. The number of nitrogens with zero attached hydrogens (tertiary/aromatic N) is 1. The molecule has 32 heavy (non-hydrogen) atoms. The molecule has 0 saturated heterocycles. The first-order valence-electron chi connectivity index (χ1n) is 9.30. The molecule has 2 aromatic carbocycles. The van der Waals surface area contributed by atoms with Crippen LogP contribution < -0.4 is 4.72 Å². The second-order valence-corrected chi connectivity index (χ2v) is 11.3. The van der Waals surface area contributed by atoms with Gasteiger partial charge in [-0.25, -0.2) is 16.8 Å². The van der Waals surface area contributed by atoms with Crippen molar-refractivity contribution >= 4 is 43.1 Å². The molecule has 0 aliphatic heterocycles. The number of hydrogen-bond donors (Lipinski definition) is 1. The Morgan fingerprint density at radius 2 is 1.62 bits per heavy atom. The molecule has 1 N–H and O–H groups in total. The molecule has 1 heterocycles. The predicted molar refractivity (Wildman–Crippen MR) is 121 cm³/mol. The zero-order chi connectivity index (χ0) is 23.7. The standard InChI is InChI=1S/C21H21ClN2O6S2/c1-14-4-7-16(30-14)13-24(2)21(25)19-12-18(10-11-20(19)22)32(28,29)23-15-5-8-17(9-6-15)31(3,26)27/h4-12,23H,13H2,1-3H3. The minimum atomic E-state index is -4.06. The van der Waals surface area contributed by atoms with E-state index in [1.807, 2.05) is 0 Å². The van der Waals surface area contributed by atoms with E-state index < -0.39 is 25.8 Å². The summed E-state index contributed by atoms with van der Waals surface area (Å²) in [6.07, 6.45) is 1.06. The topological polar surface area (TPSA) is 114 Å². The van der Waals surface area contributed by atoms with Crippen LogP contribution in [-0.2, 0) is 26.4 Å². The third-order valence-electron chi connectivity index (χ3n) is 4.55. The van der Waals surface area contributed by atoms with Gasteiger partial charge in [0.15, 0.2) is 9.84 Å². The van der Waals surface area contributed by atoms with E-state index in [2.05, 4.69) is 4.72 Å². The molecule has 0 radical (unpaired) electrons. The van der Waals surface area contributed by atoms with Crippen molar-refractivity contribution in [1.82, 2.24) is 4.90 Å². The van der Waals surface area contributed by atoms with Gasteiger partial charge in [0.05, 0.1) is 26.9 Å². The Morgan fingerprint density at radius 1 is 1.00 bits per heavy atom. The van der Waals surface area contributed by atoms with Crippen molar-refractivity contribution in [2.24, 2.45) is 0 Å². The van der Waals surface area contributed by atoms with E-state index in [1.165, 1.54) is 47.4 Å². The zero-order valence-corrected chi connectivity index (χ0v) is 19.9. The Hall–Kier alpha value is -2.82. The van der Waals surface area contributed by atoms with Crippen LogP contribution in [0.4, 0.5) is 5.69 Å². The Morgan fingerprint density at radius 3 is 2.19 bits per heavy atom. The van der Waals surface area contributed by atoms with Gasteiger partial charge in [0.2, 0.25) is 0 Å². The number of carbonyl (C=O) groups is 1. The maximum absolute atomic E-state index is 12.9. The van der Waals surface area contributed by atoms with Gasteiger partial charge >= 0.3 is 0 Å². The van der Waals surface area contributed by atoms with Gasteiger partial charge in [-0.15, -0.1) is 0 Å². The molecule has 0 aliphatic rings. The van der Waals surface area contributed by atoms with E-state index >= 15 is 0 Å². The Kier molecular flexibility index (Phi) is 6.68. The molecule has 1 aromatic heterocycles. The molecule has 0 spiro atoms. The van der Waals surface area contributed by atoms with Gasteiger partial charge in [-0.05, 0) is 61.5 Å². The summed E-state index contributed by atoms with van der Waals surface area (Å²) in [5.41, 5.74) is 0.193. The monoisotopic (exact) mass is 496 g/mol. The number of sulfonamides is 1. The summed E-state index contributed by atoms with van der Waals surface area (Å²) in [6, 6.07) is 12.6. The summed E-state index contributed by atoms with van der Waals surface area (Å²) >= 11 is 6.17. The van der Waals surface area contributed by atoms with E-state index in [-0.39, 0.29) is 32.6 Å². The maximum Gasteiger partial charge on any atom is 0.261 e. The van der Waals surface area contributed by atoms with Crippen molar-refractivity contribution in [2.75, 3.05) is 18.0 Å². The molecule has 1 amide bonds. The fourth-order valence-corrected chi connectivity index (χ4v) is 4.81. The Balaban J connectivity index is 1.83. The number of halogens is 1. The van der Waals surface area contributed by atoms with Crippen LogP contribution in [0.1, 0.15) is 21.9 Å². The lowest BCUT2D eigenvalue weighted by molar-refractivity contribution is 0.0775. The van der Waals surface area contributed by atoms with Crippen LogP contribution in [0.15, 0.2) is 68.8 Å². The second-order valence-electron chi connectivity index (χ2n) is 7.22. The summed E-state index contributed by atoms with van der Waals surface area (Å²) in [5.74, 6) is 0.818. The molecule has 0 aliphatic carbocycles. The van der Waals surface area contributed by atoms with E-state index in [0.29, 0.717) is 11.5 Å². The van der Waals surface area contributed by atoms with Crippen molar-refractivity contribution in [1.29, 1.82) is 0 Å². The van der Waals surface area contributed by atoms with Crippen LogP contribution in [0.3, 0.4) is 0 Å². The van der Waals surface area contributed by atoms with Gasteiger partial charge in [-0.3, -0.25) is 9.52 Å². The smallest absolute Gasteiger partial charge is 0.261 e. The maximum atomic E-state index is 12.9. The van der Waals surface area contributed by atoms with Crippen LogP contribution in [0.25, 0.3) is 0 Å². The average Bonchev–Trinajstić information content (AvgIpc) is 3.11. The normalized spacial score (nSPS) is 11.9. The molecule has 0 atom stereocenters. The molecule has 11 heteroatoms. The number of furan rings is 1. The van der Waals surface area contributed by atoms with Crippen molar-refractivity contribution < 1.29 is 26.0 Å². The van der Waals surface area contributed by atoms with Gasteiger partial charge in [0.25, 0.3) is 15.9 Å². The zero-order valence-electron chi connectivity index (χ0n) is 17.5. The first-order chi connectivity index (χ1) is 14.9.